The van der Waals surface area contributed by atoms with Gasteiger partial charge in [-0.1, -0.05) is 13.3 Å². The number of thiophene rings is 1. The Bertz CT molecular complexity index is 459. The molecule has 0 aromatic carbocycles. The summed E-state index contributed by atoms with van der Waals surface area (Å²) in [4.78, 5) is 14.8. The van der Waals surface area contributed by atoms with Gasteiger partial charge in [0.2, 0.25) is 0 Å². The number of piperidine rings is 1. The minimum Gasteiger partial charge on any atom is -0.348 e. The molecule has 0 spiro atoms. The summed E-state index contributed by atoms with van der Waals surface area (Å²) >= 11 is 1.72. The summed E-state index contributed by atoms with van der Waals surface area (Å²) in [5, 5.41) is 6.62. The Morgan fingerprint density at radius 2 is 2.20 bits per heavy atom. The zero-order valence-electron chi connectivity index (χ0n) is 12.2. The minimum absolute atomic E-state index is 0.141. The van der Waals surface area contributed by atoms with E-state index in [1.165, 1.54) is 29.7 Å². The second kappa shape index (κ2) is 6.27. The molecule has 110 valence electrons. The molecule has 1 amide bonds. The van der Waals surface area contributed by atoms with Gasteiger partial charge in [0.05, 0.1) is 4.88 Å². The largest absolute Gasteiger partial charge is 0.348 e. The van der Waals surface area contributed by atoms with Gasteiger partial charge in [-0.15, -0.1) is 11.3 Å². The fraction of sp³-hybridized carbons (Fsp3) is 0.688. The van der Waals surface area contributed by atoms with Crippen LogP contribution in [0.2, 0.25) is 0 Å². The van der Waals surface area contributed by atoms with Crippen molar-refractivity contribution in [1.82, 2.24) is 10.6 Å². The molecular weight excluding hydrogens is 268 g/mol. The molecule has 20 heavy (non-hydrogen) atoms. The molecule has 3 nitrogen and oxygen atoms in total. The first-order valence-electron chi connectivity index (χ1n) is 7.87. The van der Waals surface area contributed by atoms with Gasteiger partial charge in [-0.3, -0.25) is 4.79 Å². The summed E-state index contributed by atoms with van der Waals surface area (Å²) in [6.45, 7) is 4.23. The lowest BCUT2D eigenvalue weighted by molar-refractivity contribution is 0.0918. The molecule has 2 N–H and O–H groups in total. The number of aryl methyl sites for hydroxylation is 2. The van der Waals surface area contributed by atoms with Gasteiger partial charge in [0.15, 0.2) is 0 Å². The number of carbonyl (C=O) groups is 1. The first-order valence-corrected chi connectivity index (χ1v) is 8.69. The summed E-state index contributed by atoms with van der Waals surface area (Å²) in [6, 6.07) is 2.47. The van der Waals surface area contributed by atoms with E-state index in [2.05, 4.69) is 23.6 Å². The number of hydrogen-bond donors (Lipinski definition) is 2. The van der Waals surface area contributed by atoms with Crippen LogP contribution in [-0.4, -0.2) is 25.0 Å². The van der Waals surface area contributed by atoms with Gasteiger partial charge in [0.25, 0.3) is 5.91 Å². The minimum atomic E-state index is 0.141. The standard InChI is InChI=1S/C16H24N2OS/c1-11-10-17-8-7-13(11)18-16(19)15-9-12-5-3-2-4-6-14(12)20-15/h9,11,13,17H,2-8,10H2,1H3,(H,18,19). The van der Waals surface area contributed by atoms with Crippen LogP contribution in [0.25, 0.3) is 0 Å². The summed E-state index contributed by atoms with van der Waals surface area (Å²) in [6.07, 6.45) is 7.24. The Labute approximate surface area is 125 Å². The van der Waals surface area contributed by atoms with Crippen LogP contribution in [-0.2, 0) is 12.8 Å². The zero-order valence-corrected chi connectivity index (χ0v) is 13.0. The van der Waals surface area contributed by atoms with E-state index < -0.39 is 0 Å². The Balaban J connectivity index is 1.68. The van der Waals surface area contributed by atoms with Gasteiger partial charge >= 0.3 is 0 Å². The van der Waals surface area contributed by atoms with Crippen LogP contribution < -0.4 is 10.6 Å². The second-order valence-corrected chi connectivity index (χ2v) is 7.31. The summed E-state index contributed by atoms with van der Waals surface area (Å²) in [5.41, 5.74) is 1.43. The fourth-order valence-corrected chi connectivity index (χ4v) is 4.40. The van der Waals surface area contributed by atoms with Crippen molar-refractivity contribution in [3.05, 3.63) is 21.4 Å². The molecule has 2 heterocycles. The van der Waals surface area contributed by atoms with Crippen LogP contribution in [0.4, 0.5) is 0 Å². The van der Waals surface area contributed by atoms with Crippen molar-refractivity contribution in [2.75, 3.05) is 13.1 Å². The molecule has 1 fully saturated rings. The van der Waals surface area contributed by atoms with Crippen molar-refractivity contribution in [2.45, 2.75) is 51.5 Å². The van der Waals surface area contributed by atoms with E-state index in [1.54, 1.807) is 11.3 Å². The highest BCUT2D eigenvalue weighted by Gasteiger charge is 2.24. The van der Waals surface area contributed by atoms with Crippen LogP contribution in [0.15, 0.2) is 6.07 Å². The van der Waals surface area contributed by atoms with Crippen molar-refractivity contribution in [3.8, 4) is 0 Å². The predicted octanol–water partition coefficient (Wildman–Crippen LogP) is 2.74. The molecule has 0 bridgehead atoms. The first-order chi connectivity index (χ1) is 9.74. The highest BCUT2D eigenvalue weighted by Crippen LogP contribution is 2.29. The smallest absolute Gasteiger partial charge is 0.261 e. The third-order valence-electron chi connectivity index (χ3n) is 4.57. The lowest BCUT2D eigenvalue weighted by atomic mass is 9.95. The molecule has 4 heteroatoms. The summed E-state index contributed by atoms with van der Waals surface area (Å²) in [5.74, 6) is 0.660. The third-order valence-corrected chi connectivity index (χ3v) is 5.81. The maximum absolute atomic E-state index is 12.4. The average Bonchev–Trinajstić information content (AvgIpc) is 2.73. The lowest BCUT2D eigenvalue weighted by Crippen LogP contribution is -2.48. The number of carbonyl (C=O) groups excluding carboxylic acids is 1. The molecule has 1 aromatic rings. The molecule has 1 aliphatic carbocycles. The number of rotatable bonds is 2. The molecular formula is C16H24N2OS. The number of nitrogens with one attached hydrogen (secondary N) is 2. The number of hydrogen-bond acceptors (Lipinski definition) is 3. The lowest BCUT2D eigenvalue weighted by Gasteiger charge is -2.30. The van der Waals surface area contributed by atoms with Crippen molar-refractivity contribution in [1.29, 1.82) is 0 Å². The number of amides is 1. The van der Waals surface area contributed by atoms with E-state index in [0.717, 1.165) is 37.2 Å². The van der Waals surface area contributed by atoms with Crippen molar-refractivity contribution < 1.29 is 4.79 Å². The van der Waals surface area contributed by atoms with Gasteiger partial charge in [0, 0.05) is 10.9 Å². The van der Waals surface area contributed by atoms with Crippen molar-refractivity contribution >= 4 is 17.2 Å². The molecule has 0 saturated carbocycles. The molecule has 1 saturated heterocycles. The topological polar surface area (TPSA) is 41.1 Å². The normalized spacial score (nSPS) is 26.6. The SMILES string of the molecule is CC1CNCCC1NC(=O)c1cc2c(s1)CCCCC2. The molecule has 2 aliphatic rings. The molecule has 2 atom stereocenters. The first kappa shape index (κ1) is 14.1. The van der Waals surface area contributed by atoms with Gasteiger partial charge in [0.1, 0.15) is 0 Å². The van der Waals surface area contributed by atoms with Crippen molar-refractivity contribution in [3.63, 3.8) is 0 Å². The summed E-state index contributed by atoms with van der Waals surface area (Å²) in [7, 11) is 0. The van der Waals surface area contributed by atoms with Crippen LogP contribution in [0, 0.1) is 5.92 Å². The van der Waals surface area contributed by atoms with Gasteiger partial charge < -0.3 is 10.6 Å². The molecule has 0 radical (unpaired) electrons. The van der Waals surface area contributed by atoms with E-state index in [9.17, 15) is 4.79 Å². The average molecular weight is 292 g/mol. The van der Waals surface area contributed by atoms with Crippen LogP contribution in [0.3, 0.4) is 0 Å². The Morgan fingerprint density at radius 1 is 1.35 bits per heavy atom. The number of fused-ring (bicyclic) bond motifs is 1. The van der Waals surface area contributed by atoms with Crippen molar-refractivity contribution in [2.24, 2.45) is 5.92 Å². The van der Waals surface area contributed by atoms with Crippen LogP contribution in [0.1, 0.15) is 52.7 Å². The van der Waals surface area contributed by atoms with E-state index >= 15 is 0 Å². The third kappa shape index (κ3) is 3.07. The van der Waals surface area contributed by atoms with E-state index in [0.29, 0.717) is 12.0 Å². The summed E-state index contributed by atoms with van der Waals surface area (Å²) < 4.78 is 0. The highest BCUT2D eigenvalue weighted by molar-refractivity contribution is 7.14. The van der Waals surface area contributed by atoms with E-state index in [1.807, 2.05) is 0 Å². The monoisotopic (exact) mass is 292 g/mol. The van der Waals surface area contributed by atoms with E-state index in [4.69, 9.17) is 0 Å². The Kier molecular flexibility index (Phi) is 4.41. The molecule has 1 aromatic heterocycles. The maximum atomic E-state index is 12.4. The highest BCUT2D eigenvalue weighted by atomic mass is 32.1. The Morgan fingerprint density at radius 3 is 3.05 bits per heavy atom. The second-order valence-electron chi connectivity index (χ2n) is 6.17. The van der Waals surface area contributed by atoms with Crippen LogP contribution in [0.5, 0.6) is 0 Å². The van der Waals surface area contributed by atoms with Gasteiger partial charge in [-0.05, 0) is 62.7 Å². The molecule has 2 unspecified atom stereocenters. The van der Waals surface area contributed by atoms with E-state index in [-0.39, 0.29) is 5.91 Å². The Hall–Kier alpha value is -0.870. The zero-order chi connectivity index (χ0) is 13.9. The van der Waals surface area contributed by atoms with Gasteiger partial charge in [-0.2, -0.15) is 0 Å². The maximum Gasteiger partial charge on any atom is 0.261 e. The fourth-order valence-electron chi connectivity index (χ4n) is 3.25. The van der Waals surface area contributed by atoms with Gasteiger partial charge in [-0.25, -0.2) is 0 Å². The molecule has 1 aliphatic heterocycles. The predicted molar refractivity (Wildman–Crippen MR) is 83.5 cm³/mol. The molecule has 3 rings (SSSR count). The van der Waals surface area contributed by atoms with Crippen LogP contribution >= 0.6 is 11.3 Å². The quantitative estimate of drug-likeness (QED) is 0.823.